The first kappa shape index (κ1) is 55.5. The van der Waals surface area contributed by atoms with Crippen LogP contribution >= 0.6 is 11.6 Å². The Bertz CT molecular complexity index is 4110. The van der Waals surface area contributed by atoms with Gasteiger partial charge in [-0.25, -0.2) is 32.7 Å². The second-order valence-corrected chi connectivity index (χ2v) is 21.4. The lowest BCUT2D eigenvalue weighted by Crippen LogP contribution is -2.54. The summed E-state index contributed by atoms with van der Waals surface area (Å²) in [5, 5.41) is 3.48. The van der Waals surface area contributed by atoms with E-state index in [1.54, 1.807) is 55.7 Å². The van der Waals surface area contributed by atoms with Crippen molar-refractivity contribution >= 4 is 84.8 Å². The Kier molecular flexibility index (Phi) is 15.8. The van der Waals surface area contributed by atoms with Gasteiger partial charge in [0.25, 0.3) is 17.4 Å². The highest BCUT2D eigenvalue weighted by Crippen LogP contribution is 2.35. The number of benzene rings is 4. The van der Waals surface area contributed by atoms with Crippen molar-refractivity contribution in [3.63, 3.8) is 0 Å². The second-order valence-electron chi connectivity index (χ2n) is 21.0. The molecule has 1 aliphatic rings. The zero-order valence-electron chi connectivity index (χ0n) is 45.6. The van der Waals surface area contributed by atoms with Crippen molar-refractivity contribution in [2.75, 3.05) is 44.2 Å². The van der Waals surface area contributed by atoms with E-state index in [0.29, 0.717) is 33.0 Å². The van der Waals surface area contributed by atoms with Crippen molar-refractivity contribution in [2.45, 2.75) is 72.5 Å². The van der Waals surface area contributed by atoms with E-state index in [-0.39, 0.29) is 119 Å². The maximum atomic E-state index is 16.4. The lowest BCUT2D eigenvalue weighted by atomic mass is 9.98. The molecule has 1 fully saturated rings. The highest BCUT2D eigenvalue weighted by Gasteiger charge is 2.34. The SMILES string of the molecule is C=C(COC(=O)NCCCN(C(=O)c1ccc(C)cc1)C(c1nc2cc(Cl)ccc2c(=O)n1Cc1ccccc1)C(C)C)C(=O)N1CCN(c2nc(=O)n3c4nc(c(F)cc24)c2c(F)cccc2oc2ccnc(C(C)C)c23)[C@@H](C)C1. The van der Waals surface area contributed by atoms with Crippen LogP contribution in [0.25, 0.3) is 49.5 Å². The summed E-state index contributed by atoms with van der Waals surface area (Å²) in [5.74, 6) is -2.36. The monoisotopic (exact) mass is 1120 g/mol. The van der Waals surface area contributed by atoms with Crippen molar-refractivity contribution in [1.29, 1.82) is 0 Å². The Morgan fingerprint density at radius 3 is 2.38 bits per heavy atom. The molecule has 81 heavy (non-hydrogen) atoms. The van der Waals surface area contributed by atoms with Gasteiger partial charge < -0.3 is 29.2 Å². The Hall–Kier alpha value is -8.84. The van der Waals surface area contributed by atoms with E-state index in [1.165, 1.54) is 34.9 Å². The average Bonchev–Trinajstić information content (AvgIpc) is 3.66. The number of piperazine rings is 1. The van der Waals surface area contributed by atoms with Crippen LogP contribution in [0.5, 0.6) is 0 Å². The fourth-order valence-electron chi connectivity index (χ4n) is 10.6. The van der Waals surface area contributed by atoms with Gasteiger partial charge >= 0.3 is 11.8 Å². The Labute approximate surface area is 469 Å². The molecule has 0 aliphatic carbocycles. The van der Waals surface area contributed by atoms with Crippen LogP contribution in [0.15, 0.2) is 135 Å². The van der Waals surface area contributed by atoms with Crippen molar-refractivity contribution in [1.82, 2.24) is 44.0 Å². The molecular formula is C61H59ClF2N10O7. The molecule has 10 rings (SSSR count). The summed E-state index contributed by atoms with van der Waals surface area (Å²) in [5.41, 5.74) is 2.19. The van der Waals surface area contributed by atoms with Crippen LogP contribution in [0.1, 0.15) is 86.0 Å². The van der Waals surface area contributed by atoms with Gasteiger partial charge in [-0.3, -0.25) is 23.9 Å². The van der Waals surface area contributed by atoms with Gasteiger partial charge in [-0.1, -0.05) is 100.0 Å². The van der Waals surface area contributed by atoms with E-state index in [1.807, 2.05) is 84.0 Å². The van der Waals surface area contributed by atoms with E-state index in [2.05, 4.69) is 26.8 Å². The van der Waals surface area contributed by atoms with E-state index >= 15 is 8.78 Å². The van der Waals surface area contributed by atoms with Crippen LogP contribution in [0.3, 0.4) is 0 Å². The first-order chi connectivity index (χ1) is 38.9. The predicted octanol–water partition coefficient (Wildman–Crippen LogP) is 10.5. The lowest BCUT2D eigenvalue weighted by molar-refractivity contribution is -0.128. The van der Waals surface area contributed by atoms with Crippen LogP contribution in [0.4, 0.5) is 19.4 Å². The lowest BCUT2D eigenvalue weighted by Gasteiger charge is -2.41. The third kappa shape index (κ3) is 11.1. The molecule has 3 amide bonds. The largest absolute Gasteiger partial charge is 0.454 e. The first-order valence-corrected chi connectivity index (χ1v) is 27.1. The zero-order valence-corrected chi connectivity index (χ0v) is 46.3. The van der Waals surface area contributed by atoms with Crippen molar-refractivity contribution in [3.8, 4) is 0 Å². The Balaban J connectivity index is 0.834. The number of nitrogens with one attached hydrogen (secondary N) is 1. The second kappa shape index (κ2) is 23.1. The number of nitrogens with zero attached hydrogens (tertiary/aromatic N) is 9. The number of ether oxygens (including phenoxy) is 1. The van der Waals surface area contributed by atoms with E-state index in [4.69, 9.17) is 25.7 Å². The van der Waals surface area contributed by atoms with Gasteiger partial charge in [-0.05, 0) is 86.2 Å². The molecule has 0 saturated carbocycles. The van der Waals surface area contributed by atoms with Gasteiger partial charge in [0.1, 0.15) is 40.7 Å². The smallest absolute Gasteiger partial charge is 0.407 e. The molecular weight excluding hydrogens is 1060 g/mol. The number of anilines is 1. The number of hydrogen-bond donors (Lipinski definition) is 1. The summed E-state index contributed by atoms with van der Waals surface area (Å²) in [6.45, 7) is 15.8. The van der Waals surface area contributed by atoms with Crippen molar-refractivity contribution in [3.05, 3.63) is 187 Å². The Morgan fingerprint density at radius 2 is 1.65 bits per heavy atom. The van der Waals surface area contributed by atoms with Gasteiger partial charge in [-0.15, -0.1) is 0 Å². The highest BCUT2D eigenvalue weighted by atomic mass is 35.5. The molecule has 4 aromatic carbocycles. The topological polar surface area (TPSA) is 190 Å². The normalized spacial score (nSPS) is 14.1. The minimum absolute atomic E-state index is 0.00156. The van der Waals surface area contributed by atoms with Gasteiger partial charge in [-0.2, -0.15) is 4.98 Å². The molecule has 1 N–H and O–H groups in total. The summed E-state index contributed by atoms with van der Waals surface area (Å²) in [6, 6.07) is 27.4. The molecule has 5 aromatic heterocycles. The van der Waals surface area contributed by atoms with E-state index in [0.717, 1.165) is 11.1 Å². The summed E-state index contributed by atoms with van der Waals surface area (Å²) in [4.78, 5) is 94.4. The minimum Gasteiger partial charge on any atom is -0.454 e. The summed E-state index contributed by atoms with van der Waals surface area (Å²) < 4.78 is 46.7. The zero-order chi connectivity index (χ0) is 57.4. The van der Waals surface area contributed by atoms with E-state index in [9.17, 15) is 24.0 Å². The van der Waals surface area contributed by atoms with Gasteiger partial charge in [0.05, 0.1) is 40.0 Å². The van der Waals surface area contributed by atoms with Gasteiger partial charge in [0, 0.05) is 67.2 Å². The number of hydrogen-bond acceptors (Lipinski definition) is 12. The average molecular weight is 1120 g/mol. The predicted molar refractivity (Wildman–Crippen MR) is 308 cm³/mol. The fourth-order valence-corrected chi connectivity index (χ4v) is 10.8. The molecule has 1 aliphatic heterocycles. The highest BCUT2D eigenvalue weighted by molar-refractivity contribution is 6.31. The molecule has 0 spiro atoms. The van der Waals surface area contributed by atoms with Crippen LogP contribution in [0.2, 0.25) is 5.02 Å². The molecule has 416 valence electrons. The number of fused-ring (bicyclic) bond motifs is 6. The fraction of sp³-hybridized carbons (Fsp3) is 0.295. The molecule has 20 heteroatoms. The maximum absolute atomic E-state index is 16.4. The number of alkyl carbamates (subject to hydrolysis) is 1. The quantitative estimate of drug-likeness (QED) is 0.0756. The number of aromatic nitrogens is 6. The third-order valence-electron chi connectivity index (χ3n) is 14.6. The van der Waals surface area contributed by atoms with Crippen molar-refractivity contribution < 1.29 is 32.3 Å². The minimum atomic E-state index is -0.871. The summed E-state index contributed by atoms with van der Waals surface area (Å²) >= 11 is 6.43. The van der Waals surface area contributed by atoms with Crippen LogP contribution < -0.4 is 21.5 Å². The standard InChI is InChI=1S/C61H59ClF2N10O7/c1-34(2)50-53-48(23-25-65-50)81-47-16-11-15-44(63)49(47)51-45(64)30-43-54(69-60(78)74(53)55(43)68-51)71-28-27-70(31-38(71)7)57(75)37(6)33-80-61(79)66-24-12-26-72(58(76)40-19-17-36(5)18-20-40)52(35(3)4)56-67-46-29-41(62)21-22-42(46)59(77)73(56)32-39-13-9-8-10-14-39/h8-11,13-23,25,29-30,34-35,38,52H,6,12,24,26-28,31-33H2,1-5,7H3,(H,66,79)/t38-,52?/m0/s1. The van der Waals surface area contributed by atoms with Crippen LogP contribution in [-0.4, -0.2) is 102 Å². The summed E-state index contributed by atoms with van der Waals surface area (Å²) in [6.07, 6.45) is 0.979. The van der Waals surface area contributed by atoms with Crippen LogP contribution in [0, 0.1) is 24.5 Å². The molecule has 2 bridgehead atoms. The molecule has 9 aromatic rings. The Morgan fingerprint density at radius 1 is 0.889 bits per heavy atom. The number of carbonyl (C=O) groups is 3. The summed E-state index contributed by atoms with van der Waals surface area (Å²) in [7, 11) is 0. The number of amides is 3. The number of carbonyl (C=O) groups excluding carboxylic acids is 3. The van der Waals surface area contributed by atoms with E-state index < -0.39 is 48.0 Å². The van der Waals surface area contributed by atoms with Crippen LogP contribution in [-0.2, 0) is 16.1 Å². The molecule has 17 nitrogen and oxygen atoms in total. The molecule has 2 atom stereocenters. The number of aryl methyl sites for hydroxylation is 1. The molecule has 0 radical (unpaired) electrons. The number of pyridine rings is 2. The van der Waals surface area contributed by atoms with Crippen molar-refractivity contribution in [2.24, 2.45) is 5.92 Å². The molecule has 1 saturated heterocycles. The molecule has 6 heterocycles. The number of rotatable bonds is 15. The first-order valence-electron chi connectivity index (χ1n) is 26.7. The molecule has 1 unspecified atom stereocenters. The van der Waals surface area contributed by atoms with Gasteiger partial charge in [0.2, 0.25) is 0 Å². The van der Waals surface area contributed by atoms with Gasteiger partial charge in [0.15, 0.2) is 17.0 Å². The number of halogens is 3. The maximum Gasteiger partial charge on any atom is 0.407 e. The third-order valence-corrected chi connectivity index (χ3v) is 14.8.